The van der Waals surface area contributed by atoms with E-state index in [2.05, 4.69) is 5.38 Å². The number of allylic oxidation sites excluding steroid dienone is 1. The molecule has 4 rings (SSSR count). The van der Waals surface area contributed by atoms with Crippen LogP contribution in [0.15, 0.2) is 57.8 Å². The Morgan fingerprint density at radius 1 is 1.13 bits per heavy atom. The van der Waals surface area contributed by atoms with Crippen LogP contribution < -0.4 is 4.74 Å². The summed E-state index contributed by atoms with van der Waals surface area (Å²) in [6.45, 7) is -0.343. The van der Waals surface area contributed by atoms with Crippen molar-refractivity contribution in [2.75, 3.05) is 40.5 Å². The van der Waals surface area contributed by atoms with Crippen LogP contribution >= 0.6 is 11.3 Å². The number of carbonyl (C=O) groups is 1. The lowest BCUT2D eigenvalue weighted by atomic mass is 9.93. The van der Waals surface area contributed by atoms with E-state index in [1.807, 2.05) is 24.6 Å². The van der Waals surface area contributed by atoms with Gasteiger partial charge in [0.05, 0.1) is 25.2 Å². The fourth-order valence-corrected chi connectivity index (χ4v) is 7.22. The number of benzene rings is 1. The number of hydrogen-bond acceptors (Lipinski definition) is 8. The molecule has 0 radical (unpaired) electrons. The summed E-state index contributed by atoms with van der Waals surface area (Å²) in [6.07, 6.45) is 7.11. The van der Waals surface area contributed by atoms with Gasteiger partial charge >= 0.3 is 0 Å². The second-order valence-corrected chi connectivity index (χ2v) is 12.6. The predicted octanol–water partition coefficient (Wildman–Crippen LogP) is 3.96. The summed E-state index contributed by atoms with van der Waals surface area (Å²) in [7, 11) is -0.511. The molecule has 2 heterocycles. The average molecular weight is 579 g/mol. The third-order valence-corrected chi connectivity index (χ3v) is 9.99. The zero-order valence-corrected chi connectivity index (χ0v) is 24.2. The van der Waals surface area contributed by atoms with Gasteiger partial charge in [-0.15, -0.1) is 0 Å². The maximum atomic E-state index is 13.4. The number of thiophene rings is 1. The molecule has 1 amide bonds. The van der Waals surface area contributed by atoms with E-state index < -0.39 is 16.3 Å². The van der Waals surface area contributed by atoms with E-state index in [0.717, 1.165) is 31.2 Å². The van der Waals surface area contributed by atoms with E-state index in [-0.39, 0.29) is 54.8 Å². The summed E-state index contributed by atoms with van der Waals surface area (Å²) in [4.78, 5) is 15.3. The number of amides is 1. The Hall–Kier alpha value is -2.44. The highest BCUT2D eigenvalue weighted by Crippen LogP contribution is 2.34. The van der Waals surface area contributed by atoms with Crippen molar-refractivity contribution in [2.45, 2.75) is 61.7 Å². The molecule has 1 aliphatic heterocycles. The molecule has 1 aromatic heterocycles. The van der Waals surface area contributed by atoms with Crippen molar-refractivity contribution >= 4 is 27.3 Å². The third-order valence-electron chi connectivity index (χ3n) is 7.37. The van der Waals surface area contributed by atoms with Crippen LogP contribution in [-0.2, 0) is 24.3 Å². The molecule has 11 heteroatoms. The van der Waals surface area contributed by atoms with Gasteiger partial charge in [-0.3, -0.25) is 4.79 Å². The van der Waals surface area contributed by atoms with Gasteiger partial charge in [-0.25, -0.2) is 8.42 Å². The van der Waals surface area contributed by atoms with Gasteiger partial charge in [0, 0.05) is 38.5 Å². The normalized spacial score (nSPS) is 20.4. The highest BCUT2D eigenvalue weighted by molar-refractivity contribution is 7.89. The smallest absolute Gasteiger partial charge is 0.288 e. The van der Waals surface area contributed by atoms with Gasteiger partial charge in [0.15, 0.2) is 5.76 Å². The molecule has 2 atom stereocenters. The molecule has 39 heavy (non-hydrogen) atoms. The number of ether oxygens (including phenoxy) is 3. The number of aliphatic hydroxyl groups excluding tert-OH is 1. The van der Waals surface area contributed by atoms with Crippen molar-refractivity contribution in [1.82, 2.24) is 9.21 Å². The number of rotatable bonds is 12. The molecule has 1 saturated carbocycles. The molecule has 0 saturated heterocycles. The molecule has 214 valence electrons. The zero-order chi connectivity index (χ0) is 27.8. The Morgan fingerprint density at radius 2 is 1.87 bits per heavy atom. The minimum absolute atomic E-state index is 0.0207. The topological polar surface area (TPSA) is 106 Å². The molecule has 2 aliphatic rings. The fourth-order valence-electron chi connectivity index (χ4n) is 5.08. The van der Waals surface area contributed by atoms with Crippen molar-refractivity contribution in [3.05, 3.63) is 58.5 Å². The van der Waals surface area contributed by atoms with Crippen LogP contribution in [0.3, 0.4) is 0 Å². The molecule has 0 bridgehead atoms. The van der Waals surface area contributed by atoms with Gasteiger partial charge in [-0.2, -0.15) is 15.6 Å². The summed E-state index contributed by atoms with van der Waals surface area (Å²) >= 11 is 1.59. The second kappa shape index (κ2) is 13.8. The SMILES string of the molecule is COc1ccc(S(=O)(=O)N(CCO)CCO[C@@H]2C[C@H](c3ccsc3)C=C(C(=O)N(C)C3CCCCC3)O2)cc1. The number of sulfonamides is 1. The standard InChI is InChI=1S/C28H38N2O7S2/c1-29(23-6-4-3-5-7-23)28(32)26-18-22(21-12-17-38-20-21)19-27(37-26)36-16-14-30(13-15-31)39(33,34)25-10-8-24(35-2)9-11-25/h8-12,17-18,20,22-23,27,31H,3-7,13-16,19H2,1-2H3/t22-,27+/m1/s1. The summed E-state index contributed by atoms with van der Waals surface area (Å²) in [5.74, 6) is 0.617. The fraction of sp³-hybridized carbons (Fsp3) is 0.536. The maximum Gasteiger partial charge on any atom is 0.288 e. The molecule has 0 spiro atoms. The molecule has 2 aromatic rings. The van der Waals surface area contributed by atoms with Crippen molar-refractivity contribution < 1.29 is 32.5 Å². The van der Waals surface area contributed by atoms with Crippen LogP contribution in [0, 0.1) is 0 Å². The van der Waals surface area contributed by atoms with Crippen molar-refractivity contribution in [3.63, 3.8) is 0 Å². The van der Waals surface area contributed by atoms with Crippen LogP contribution in [-0.4, -0.2) is 81.4 Å². The number of carbonyl (C=O) groups excluding carboxylic acids is 1. The Kier molecular flexibility index (Phi) is 10.4. The van der Waals surface area contributed by atoms with E-state index in [0.29, 0.717) is 12.2 Å². The molecule has 9 nitrogen and oxygen atoms in total. The van der Waals surface area contributed by atoms with E-state index in [9.17, 15) is 18.3 Å². The summed E-state index contributed by atoms with van der Waals surface area (Å²) in [5.41, 5.74) is 1.09. The largest absolute Gasteiger partial charge is 0.497 e. The molecular formula is C28H38N2O7S2. The van der Waals surface area contributed by atoms with E-state index in [1.54, 1.807) is 28.4 Å². The number of hydrogen-bond donors (Lipinski definition) is 1. The first kappa shape index (κ1) is 29.5. The van der Waals surface area contributed by atoms with E-state index in [1.165, 1.54) is 30.0 Å². The monoisotopic (exact) mass is 578 g/mol. The van der Waals surface area contributed by atoms with Crippen molar-refractivity contribution in [3.8, 4) is 5.75 Å². The lowest BCUT2D eigenvalue weighted by molar-refractivity contribution is -0.153. The lowest BCUT2D eigenvalue weighted by Gasteiger charge is -2.34. The van der Waals surface area contributed by atoms with E-state index in [4.69, 9.17) is 14.2 Å². The molecule has 1 fully saturated rings. The average Bonchev–Trinajstić information content (AvgIpc) is 3.51. The second-order valence-electron chi connectivity index (χ2n) is 9.86. The molecule has 0 unspecified atom stereocenters. The summed E-state index contributed by atoms with van der Waals surface area (Å²) in [5, 5.41) is 13.6. The molecule has 1 aromatic carbocycles. The molecular weight excluding hydrogens is 540 g/mol. The van der Waals surface area contributed by atoms with Crippen molar-refractivity contribution in [1.29, 1.82) is 0 Å². The summed E-state index contributed by atoms with van der Waals surface area (Å²) in [6, 6.07) is 8.34. The van der Waals surface area contributed by atoms with Crippen molar-refractivity contribution in [2.24, 2.45) is 0 Å². The van der Waals surface area contributed by atoms with Gasteiger partial charge in [-0.1, -0.05) is 19.3 Å². The minimum Gasteiger partial charge on any atom is -0.497 e. The van der Waals surface area contributed by atoms with E-state index >= 15 is 0 Å². The first-order valence-electron chi connectivity index (χ1n) is 13.4. The van der Waals surface area contributed by atoms with Gasteiger partial charge in [0.25, 0.3) is 5.91 Å². The number of nitrogens with zero attached hydrogens (tertiary/aromatic N) is 2. The molecule has 1 N–H and O–H groups in total. The van der Waals surface area contributed by atoms with Gasteiger partial charge in [0.2, 0.25) is 16.3 Å². The Morgan fingerprint density at radius 3 is 2.51 bits per heavy atom. The van der Waals surface area contributed by atoms with Gasteiger partial charge in [-0.05, 0) is 65.6 Å². The van der Waals surface area contributed by atoms with Crippen LogP contribution in [0.25, 0.3) is 0 Å². The number of methoxy groups -OCH3 is 1. The predicted molar refractivity (Wildman–Crippen MR) is 149 cm³/mol. The zero-order valence-electron chi connectivity index (χ0n) is 22.5. The van der Waals surface area contributed by atoms with Gasteiger partial charge < -0.3 is 24.2 Å². The van der Waals surface area contributed by atoms with Crippen LogP contribution in [0.2, 0.25) is 0 Å². The van der Waals surface area contributed by atoms with Gasteiger partial charge in [0.1, 0.15) is 5.75 Å². The highest BCUT2D eigenvalue weighted by atomic mass is 32.2. The van der Waals surface area contributed by atoms with Crippen LogP contribution in [0.1, 0.15) is 50.0 Å². The number of aliphatic hydroxyl groups is 1. The first-order valence-corrected chi connectivity index (χ1v) is 15.8. The Bertz CT molecular complexity index is 1190. The Balaban J connectivity index is 1.43. The molecule has 1 aliphatic carbocycles. The maximum absolute atomic E-state index is 13.4. The highest BCUT2D eigenvalue weighted by Gasteiger charge is 2.33. The summed E-state index contributed by atoms with van der Waals surface area (Å²) < 4.78 is 44.8. The minimum atomic E-state index is -3.86. The quantitative estimate of drug-likeness (QED) is 0.406. The van der Waals surface area contributed by atoms with Crippen LogP contribution in [0.5, 0.6) is 5.75 Å². The third kappa shape index (κ3) is 7.40. The first-order chi connectivity index (χ1) is 18.8. The number of likely N-dealkylation sites (N-methyl/N-ethyl adjacent to an activating group) is 1. The lowest BCUT2D eigenvalue weighted by Crippen LogP contribution is -2.41. The van der Waals surface area contributed by atoms with Crippen LogP contribution in [0.4, 0.5) is 0 Å². The Labute approximate surface area is 235 Å².